The monoisotopic (exact) mass is 455 g/mol. The van der Waals surface area contributed by atoms with E-state index >= 15 is 0 Å². The number of esters is 1. The molecule has 0 radical (unpaired) electrons. The number of benzene rings is 1. The number of piperazine rings is 1. The molecule has 6 nitrogen and oxygen atoms in total. The van der Waals surface area contributed by atoms with Crippen molar-refractivity contribution in [2.75, 3.05) is 37.7 Å². The van der Waals surface area contributed by atoms with Gasteiger partial charge in [-0.15, -0.1) is 0 Å². The van der Waals surface area contributed by atoms with Crippen molar-refractivity contribution < 1.29 is 27.5 Å². The molecule has 0 spiro atoms. The molecule has 2 aromatic rings. The smallest absolute Gasteiger partial charge is 0.417 e. The highest BCUT2D eigenvalue weighted by Gasteiger charge is 2.32. The van der Waals surface area contributed by atoms with Gasteiger partial charge in [0.15, 0.2) is 6.61 Å². The van der Waals surface area contributed by atoms with Crippen LogP contribution < -0.4 is 4.90 Å². The first-order valence-corrected chi connectivity index (χ1v) is 9.94. The Hall–Kier alpha value is -2.81. The average Bonchev–Trinajstić information content (AvgIpc) is 2.73. The van der Waals surface area contributed by atoms with Gasteiger partial charge in [0.05, 0.1) is 16.1 Å². The van der Waals surface area contributed by atoms with Crippen LogP contribution in [0.1, 0.15) is 27.0 Å². The van der Waals surface area contributed by atoms with Crippen LogP contribution in [0.25, 0.3) is 0 Å². The summed E-state index contributed by atoms with van der Waals surface area (Å²) in [6.07, 6.45) is -3.78. The molecule has 1 saturated heterocycles. The average molecular weight is 456 g/mol. The second-order valence-electron chi connectivity index (χ2n) is 7.29. The molecule has 0 aliphatic carbocycles. The lowest BCUT2D eigenvalue weighted by Gasteiger charge is -2.35. The molecule has 31 heavy (non-hydrogen) atoms. The van der Waals surface area contributed by atoms with E-state index in [2.05, 4.69) is 4.98 Å². The summed E-state index contributed by atoms with van der Waals surface area (Å²) in [5.41, 5.74) is 1.18. The van der Waals surface area contributed by atoms with Crippen molar-refractivity contribution in [1.29, 1.82) is 0 Å². The van der Waals surface area contributed by atoms with Gasteiger partial charge in [0.2, 0.25) is 0 Å². The Kier molecular flexibility index (Phi) is 6.74. The Bertz CT molecular complexity index is 990. The summed E-state index contributed by atoms with van der Waals surface area (Å²) < 4.78 is 43.5. The predicted octanol–water partition coefficient (Wildman–Crippen LogP) is 3.88. The number of aryl methyl sites for hydroxylation is 2. The van der Waals surface area contributed by atoms with Gasteiger partial charge in [-0.05, 0) is 31.5 Å². The molecule has 1 aromatic heterocycles. The lowest BCUT2D eigenvalue weighted by Crippen LogP contribution is -2.50. The molecule has 2 heterocycles. The van der Waals surface area contributed by atoms with E-state index in [-0.39, 0.29) is 23.4 Å². The summed E-state index contributed by atoms with van der Waals surface area (Å²) in [6.45, 7) is 4.56. The van der Waals surface area contributed by atoms with Crippen LogP contribution in [0.4, 0.5) is 19.0 Å². The molecule has 3 rings (SSSR count). The third-order valence-corrected chi connectivity index (χ3v) is 5.30. The van der Waals surface area contributed by atoms with E-state index in [4.69, 9.17) is 16.3 Å². The van der Waals surface area contributed by atoms with Crippen molar-refractivity contribution in [3.63, 3.8) is 0 Å². The van der Waals surface area contributed by atoms with Crippen molar-refractivity contribution in [2.24, 2.45) is 0 Å². The normalized spacial score (nSPS) is 14.5. The number of nitrogens with zero attached hydrogens (tertiary/aromatic N) is 3. The maximum absolute atomic E-state index is 12.8. The minimum Gasteiger partial charge on any atom is -0.452 e. The van der Waals surface area contributed by atoms with Gasteiger partial charge in [-0.3, -0.25) is 4.79 Å². The van der Waals surface area contributed by atoms with Crippen molar-refractivity contribution in [1.82, 2.24) is 9.88 Å². The maximum Gasteiger partial charge on any atom is 0.417 e. The lowest BCUT2D eigenvalue weighted by atomic mass is 10.1. The molecular weight excluding hydrogens is 435 g/mol. The Labute approximate surface area is 182 Å². The van der Waals surface area contributed by atoms with Crippen LogP contribution in [0.15, 0.2) is 30.5 Å². The number of hydrogen-bond donors (Lipinski definition) is 0. The molecule has 0 saturated carbocycles. The second kappa shape index (κ2) is 9.13. The molecule has 0 atom stereocenters. The molecular formula is C21H21ClF3N3O3. The molecule has 0 bridgehead atoms. The number of ether oxygens (including phenoxy) is 1. The Balaban J connectivity index is 1.54. The van der Waals surface area contributed by atoms with Crippen LogP contribution in [0.3, 0.4) is 0 Å². The van der Waals surface area contributed by atoms with E-state index in [1.54, 1.807) is 17.9 Å². The van der Waals surface area contributed by atoms with Gasteiger partial charge in [0.1, 0.15) is 5.82 Å². The van der Waals surface area contributed by atoms with Gasteiger partial charge in [-0.2, -0.15) is 13.2 Å². The number of pyridine rings is 1. The molecule has 1 aliphatic heterocycles. The van der Waals surface area contributed by atoms with Crippen molar-refractivity contribution >= 4 is 29.3 Å². The summed E-state index contributed by atoms with van der Waals surface area (Å²) in [5.74, 6) is -0.665. The van der Waals surface area contributed by atoms with Gasteiger partial charge in [-0.25, -0.2) is 9.78 Å². The third-order valence-electron chi connectivity index (χ3n) is 5.02. The molecule has 166 valence electrons. The van der Waals surface area contributed by atoms with E-state index in [1.165, 1.54) is 4.90 Å². The Morgan fingerprint density at radius 1 is 1.13 bits per heavy atom. The Morgan fingerprint density at radius 2 is 1.81 bits per heavy atom. The van der Waals surface area contributed by atoms with Crippen LogP contribution in [-0.2, 0) is 15.7 Å². The molecule has 0 unspecified atom stereocenters. The minimum absolute atomic E-state index is 0.0999. The molecule has 1 fully saturated rings. The zero-order valence-electron chi connectivity index (χ0n) is 17.0. The number of aromatic nitrogens is 1. The zero-order valence-corrected chi connectivity index (χ0v) is 17.8. The van der Waals surface area contributed by atoms with Crippen molar-refractivity contribution in [3.05, 3.63) is 57.7 Å². The number of rotatable bonds is 4. The van der Waals surface area contributed by atoms with Crippen LogP contribution in [-0.4, -0.2) is 54.5 Å². The van der Waals surface area contributed by atoms with Gasteiger partial charge in [0.25, 0.3) is 5.91 Å². The van der Waals surface area contributed by atoms with E-state index < -0.39 is 17.7 Å². The summed E-state index contributed by atoms with van der Waals surface area (Å²) >= 11 is 5.99. The fraction of sp³-hybridized carbons (Fsp3) is 0.381. The zero-order chi connectivity index (χ0) is 22.8. The first kappa shape index (κ1) is 22.9. The van der Waals surface area contributed by atoms with Crippen LogP contribution in [0.2, 0.25) is 5.02 Å². The van der Waals surface area contributed by atoms with Crippen LogP contribution in [0, 0.1) is 13.8 Å². The number of alkyl halides is 3. The molecule has 1 aromatic carbocycles. The highest BCUT2D eigenvalue weighted by molar-refractivity contribution is 6.33. The second-order valence-corrected chi connectivity index (χ2v) is 7.70. The number of anilines is 1. The van der Waals surface area contributed by atoms with Gasteiger partial charge < -0.3 is 14.5 Å². The lowest BCUT2D eigenvalue weighted by molar-refractivity contribution is -0.138. The summed E-state index contributed by atoms with van der Waals surface area (Å²) in [4.78, 5) is 31.8. The maximum atomic E-state index is 12.8. The first-order valence-electron chi connectivity index (χ1n) is 9.56. The number of halogens is 4. The van der Waals surface area contributed by atoms with Gasteiger partial charge in [0, 0.05) is 32.4 Å². The largest absolute Gasteiger partial charge is 0.452 e. The van der Waals surface area contributed by atoms with E-state index in [0.717, 1.165) is 23.4 Å². The third kappa shape index (κ3) is 5.46. The fourth-order valence-electron chi connectivity index (χ4n) is 3.24. The Morgan fingerprint density at radius 3 is 2.42 bits per heavy atom. The highest BCUT2D eigenvalue weighted by Crippen LogP contribution is 2.33. The van der Waals surface area contributed by atoms with Crippen LogP contribution >= 0.6 is 11.6 Å². The van der Waals surface area contributed by atoms with E-state index in [9.17, 15) is 22.8 Å². The molecule has 1 amide bonds. The summed E-state index contributed by atoms with van der Waals surface area (Å²) in [7, 11) is 0. The van der Waals surface area contributed by atoms with Crippen molar-refractivity contribution in [2.45, 2.75) is 20.0 Å². The summed E-state index contributed by atoms with van der Waals surface area (Å²) in [5, 5.41) is -0.0999. The van der Waals surface area contributed by atoms with E-state index in [0.29, 0.717) is 31.7 Å². The molecule has 0 N–H and O–H groups in total. The van der Waals surface area contributed by atoms with Gasteiger partial charge in [-0.1, -0.05) is 29.3 Å². The quantitative estimate of drug-likeness (QED) is 0.655. The number of carbonyl (C=O) groups excluding carboxylic acids is 2. The standard InChI is InChI=1S/C21H21ClF3N3O3/c1-13-3-4-14(2)16(9-13)20(30)31-12-18(29)27-5-7-28(8-6-27)19-17(22)10-15(11-26-19)21(23,24)25/h3-4,9-11H,5-8,12H2,1-2H3. The predicted molar refractivity (Wildman–Crippen MR) is 109 cm³/mol. The van der Waals surface area contributed by atoms with Crippen molar-refractivity contribution in [3.8, 4) is 0 Å². The van der Waals surface area contributed by atoms with Gasteiger partial charge >= 0.3 is 12.1 Å². The molecule has 10 heteroatoms. The highest BCUT2D eigenvalue weighted by atomic mass is 35.5. The summed E-state index contributed by atoms with van der Waals surface area (Å²) in [6, 6.07) is 6.25. The molecule has 1 aliphatic rings. The first-order chi connectivity index (χ1) is 14.6. The van der Waals surface area contributed by atoms with Crippen LogP contribution in [0.5, 0.6) is 0 Å². The van der Waals surface area contributed by atoms with E-state index in [1.807, 2.05) is 19.1 Å². The number of carbonyl (C=O) groups is 2. The number of hydrogen-bond acceptors (Lipinski definition) is 5. The SMILES string of the molecule is Cc1ccc(C)c(C(=O)OCC(=O)N2CCN(c3ncc(C(F)(F)F)cc3Cl)CC2)c1. The fourth-order valence-corrected chi connectivity index (χ4v) is 3.52. The topological polar surface area (TPSA) is 62.7 Å². The minimum atomic E-state index is -4.52. The number of amides is 1.